The average Bonchev–Trinajstić information content (AvgIpc) is 2.53. The number of carboxylic acids is 3. The summed E-state index contributed by atoms with van der Waals surface area (Å²) in [7, 11) is 0. The first-order chi connectivity index (χ1) is 11.0. The molecule has 0 aliphatic rings. The molecule has 9 nitrogen and oxygen atoms in total. The zero-order valence-electron chi connectivity index (χ0n) is 20.1. The SMILES string of the molecule is C.C.CCC(C)C(=O)O.CCC(C)C(=O)[O-].CCC(C)C(=O)[O-].O=[C-]O.[Ca+2].[Ca+2].[H-].[H-].[Na+].[OH-]. The molecule has 0 aromatic carbocycles. The molecule has 0 aromatic heterocycles. The number of rotatable bonds is 6. The topological polar surface area (TPSA) is 185 Å². The second kappa shape index (κ2) is 48.0. The van der Waals surface area contributed by atoms with Crippen LogP contribution in [0.25, 0.3) is 0 Å². The van der Waals surface area contributed by atoms with E-state index in [9.17, 15) is 24.6 Å². The molecule has 0 rings (SSSR count). The predicted molar refractivity (Wildman–Crippen MR) is 113 cm³/mol. The van der Waals surface area contributed by atoms with Gasteiger partial charge in [-0.05, 0) is 31.1 Å². The van der Waals surface area contributed by atoms with Crippen LogP contribution in [0.15, 0.2) is 0 Å². The second-order valence-electron chi connectivity index (χ2n) is 5.00. The molecule has 3 atom stereocenters. The fourth-order valence-electron chi connectivity index (χ4n) is 0.508. The zero-order valence-corrected chi connectivity index (χ0v) is 24.5. The standard InChI is InChI=1S/3C5H10O2.CHO2.2CH4.2Ca.Na.H2O.2H/c3*1-3-4(2)5(6)7;2-1-3;;;;;;;;/h3*4H,3H2,1-2H3,(H,6,7);(H,2,3);2*1H4;;;;1H2;;/q;;;-1;;;2*+2;+1;;2*-1/p-3. The summed E-state index contributed by atoms with van der Waals surface area (Å²) in [6, 6.07) is 0. The molecule has 3 unspecified atom stereocenters. The van der Waals surface area contributed by atoms with E-state index in [1.165, 1.54) is 0 Å². The van der Waals surface area contributed by atoms with Crippen molar-refractivity contribution in [2.75, 3.05) is 0 Å². The molecule has 0 amide bonds. The molecule has 0 saturated carbocycles. The van der Waals surface area contributed by atoms with Gasteiger partial charge in [-0.15, -0.1) is 0 Å². The molecular weight excluding hydrogens is 463 g/mol. The molecule has 0 aliphatic carbocycles. The molecule has 0 bridgehead atoms. The third-order valence-corrected chi connectivity index (χ3v) is 3.06. The first-order valence-electron chi connectivity index (χ1n) is 7.62. The van der Waals surface area contributed by atoms with Crippen LogP contribution in [-0.4, -0.2) is 116 Å². The van der Waals surface area contributed by atoms with E-state index < -0.39 is 17.9 Å². The molecule has 3 N–H and O–H groups in total. The normalized spacial score (nSPS) is 9.80. The van der Waals surface area contributed by atoms with Gasteiger partial charge in [-0.2, -0.15) is 0 Å². The Balaban J connectivity index is -0.0000000158. The molecule has 0 heterocycles. The van der Waals surface area contributed by atoms with Crippen molar-refractivity contribution >= 4 is 99.9 Å². The number of carbonyl (C=O) groups excluding carboxylic acids is 2. The maximum absolute atomic E-state index is 9.93. The minimum atomic E-state index is -0.956. The molecule has 0 radical (unpaired) electrons. The summed E-state index contributed by atoms with van der Waals surface area (Å²) in [5.74, 6) is -3.38. The fourth-order valence-corrected chi connectivity index (χ4v) is 0.508. The Morgan fingerprint density at radius 3 is 1.00 bits per heavy atom. The first kappa shape index (κ1) is 63.4. The largest absolute Gasteiger partial charge is 2.00 e. The smallest absolute Gasteiger partial charge is 1.00 e. The van der Waals surface area contributed by atoms with E-state index in [2.05, 4.69) is 0 Å². The maximum Gasteiger partial charge on any atom is 2.00 e. The van der Waals surface area contributed by atoms with E-state index in [-0.39, 0.29) is 146 Å². The van der Waals surface area contributed by atoms with Gasteiger partial charge in [0.1, 0.15) is 0 Å². The molecule has 0 fully saturated rings. The minimum absolute atomic E-state index is 0. The van der Waals surface area contributed by atoms with Crippen LogP contribution in [-0.2, 0) is 19.2 Å². The van der Waals surface area contributed by atoms with Crippen molar-refractivity contribution in [1.29, 1.82) is 0 Å². The van der Waals surface area contributed by atoms with Gasteiger partial charge < -0.3 is 43.1 Å². The van der Waals surface area contributed by atoms with Crippen LogP contribution in [0.3, 0.4) is 0 Å². The minimum Gasteiger partial charge on any atom is -1.00 e. The Morgan fingerprint density at radius 1 is 0.833 bits per heavy atom. The van der Waals surface area contributed by atoms with E-state index in [0.717, 1.165) is 6.42 Å². The zero-order chi connectivity index (χ0) is 20.3. The Labute approximate surface area is 267 Å². The Bertz CT molecular complexity index is 324. The van der Waals surface area contributed by atoms with Gasteiger partial charge in [0.25, 0.3) is 0 Å². The van der Waals surface area contributed by atoms with Gasteiger partial charge in [0.15, 0.2) is 0 Å². The van der Waals surface area contributed by atoms with Gasteiger partial charge in [0.05, 0.1) is 5.92 Å². The van der Waals surface area contributed by atoms with Gasteiger partial charge in [-0.25, -0.2) is 0 Å². The van der Waals surface area contributed by atoms with E-state index in [1.54, 1.807) is 20.8 Å². The van der Waals surface area contributed by atoms with Crippen molar-refractivity contribution in [3.63, 3.8) is 0 Å². The first-order valence-corrected chi connectivity index (χ1v) is 7.62. The van der Waals surface area contributed by atoms with Gasteiger partial charge in [-0.1, -0.05) is 62.9 Å². The van der Waals surface area contributed by atoms with E-state index in [1.807, 2.05) is 20.8 Å². The summed E-state index contributed by atoms with van der Waals surface area (Å²) >= 11 is 0. The summed E-state index contributed by atoms with van der Waals surface area (Å²) in [6.07, 6.45) is 2.03. The summed E-state index contributed by atoms with van der Waals surface area (Å²) < 4.78 is 0. The fraction of sp³-hybridized carbons (Fsp3) is 0.778. The van der Waals surface area contributed by atoms with Crippen molar-refractivity contribution < 1.29 is 77.5 Å². The van der Waals surface area contributed by atoms with Crippen LogP contribution in [0.1, 0.15) is 78.5 Å². The number of aliphatic carboxylic acids is 3. The quantitative estimate of drug-likeness (QED) is 0.301. The molecule has 0 saturated heterocycles. The van der Waals surface area contributed by atoms with Gasteiger partial charge in [0.2, 0.25) is 0 Å². The van der Waals surface area contributed by atoms with Crippen LogP contribution >= 0.6 is 0 Å². The van der Waals surface area contributed by atoms with Crippen molar-refractivity contribution in [3.05, 3.63) is 0 Å². The molecule has 0 aliphatic heterocycles. The average molecular weight is 504 g/mol. The van der Waals surface area contributed by atoms with E-state index in [0.29, 0.717) is 19.3 Å². The summed E-state index contributed by atoms with van der Waals surface area (Å²) in [6.45, 7) is 11.0. The van der Waals surface area contributed by atoms with Crippen LogP contribution in [0.4, 0.5) is 0 Å². The van der Waals surface area contributed by atoms with Crippen molar-refractivity contribution in [2.45, 2.75) is 75.7 Å². The summed E-state index contributed by atoms with van der Waals surface area (Å²) in [4.78, 5) is 37.8. The Hall–Kier alpha value is 1.36. The number of hydrogen-bond donors (Lipinski definition) is 2. The van der Waals surface area contributed by atoms with Crippen molar-refractivity contribution in [3.8, 4) is 0 Å². The molecular formula is C18H40Ca2NaO9-. The van der Waals surface area contributed by atoms with E-state index in [4.69, 9.17) is 15.0 Å². The molecule has 30 heavy (non-hydrogen) atoms. The third-order valence-electron chi connectivity index (χ3n) is 3.06. The van der Waals surface area contributed by atoms with Crippen molar-refractivity contribution in [1.82, 2.24) is 0 Å². The number of hydrogen-bond acceptors (Lipinski definition) is 7. The van der Waals surface area contributed by atoms with E-state index >= 15 is 0 Å². The van der Waals surface area contributed by atoms with Gasteiger partial charge in [-0.3, -0.25) is 4.79 Å². The maximum atomic E-state index is 9.93. The predicted octanol–water partition coefficient (Wildman–Crippen LogP) is -2.14. The Morgan fingerprint density at radius 2 is 1.00 bits per heavy atom. The monoisotopic (exact) mass is 503 g/mol. The number of carboxylic acid groups (broad SMARTS) is 3. The van der Waals surface area contributed by atoms with Gasteiger partial charge >= 0.3 is 111 Å². The molecule has 172 valence electrons. The molecule has 12 heteroatoms. The molecule has 0 aromatic rings. The van der Waals surface area contributed by atoms with Crippen LogP contribution in [0, 0.1) is 17.8 Å². The second-order valence-corrected chi connectivity index (χ2v) is 5.00. The van der Waals surface area contributed by atoms with Gasteiger partial charge in [0, 0.05) is 11.9 Å². The molecule has 0 spiro atoms. The van der Waals surface area contributed by atoms with Crippen LogP contribution in [0.2, 0.25) is 0 Å². The van der Waals surface area contributed by atoms with Crippen molar-refractivity contribution in [2.24, 2.45) is 17.8 Å². The summed E-state index contributed by atoms with van der Waals surface area (Å²) in [5.41, 5.74) is 0. The van der Waals surface area contributed by atoms with Crippen LogP contribution in [0.5, 0.6) is 0 Å². The Kier molecular flexibility index (Phi) is 101. The summed E-state index contributed by atoms with van der Waals surface area (Å²) in [5, 5.41) is 34.6. The number of carbonyl (C=O) groups is 3. The number of aliphatic hydroxyl groups excluding tert-OH is 1. The van der Waals surface area contributed by atoms with Crippen LogP contribution < -0.4 is 39.8 Å². The third kappa shape index (κ3) is 63.0.